The number of amides is 3. The molecule has 2 unspecified atom stereocenters. The molecule has 0 aliphatic carbocycles. The quantitative estimate of drug-likeness (QED) is 0.326. The first-order valence-corrected chi connectivity index (χ1v) is 9.73. The van der Waals surface area contributed by atoms with Gasteiger partial charge < -0.3 is 25.2 Å². The molecule has 0 aliphatic heterocycles. The van der Waals surface area contributed by atoms with Crippen LogP contribution in [0.1, 0.15) is 44.9 Å². The normalized spacial score (nSPS) is 12.5. The van der Waals surface area contributed by atoms with E-state index in [1.54, 1.807) is 27.7 Å². The second kappa shape index (κ2) is 11.0. The van der Waals surface area contributed by atoms with Gasteiger partial charge in [0.05, 0.1) is 7.11 Å². The summed E-state index contributed by atoms with van der Waals surface area (Å²) in [5.74, 6) is -2.22. The lowest BCUT2D eigenvalue weighted by Gasteiger charge is -2.29. The van der Waals surface area contributed by atoms with Gasteiger partial charge in [0.2, 0.25) is 5.91 Å². The van der Waals surface area contributed by atoms with Gasteiger partial charge in [0.1, 0.15) is 30.0 Å². The molecule has 10 heteroatoms. The van der Waals surface area contributed by atoms with Gasteiger partial charge in [-0.2, -0.15) is 0 Å². The van der Waals surface area contributed by atoms with E-state index in [0.29, 0.717) is 11.1 Å². The van der Waals surface area contributed by atoms with E-state index in [1.807, 2.05) is 0 Å². The van der Waals surface area contributed by atoms with Crippen LogP contribution in [0.3, 0.4) is 0 Å². The number of nitrogens with one attached hydrogen (secondary N) is 2. The lowest BCUT2D eigenvalue weighted by molar-refractivity contribution is -0.142. The number of methoxy groups -OCH3 is 1. The molecule has 0 bridgehead atoms. The Labute approximate surface area is 187 Å². The highest BCUT2D eigenvalue weighted by Gasteiger charge is 2.34. The standard InChI is InChI=1S/C22H29N3O7/c1-8-25(20(29)14(3)24-21(30)32-22(4,5)6)18(19(28)23-12-17(27)31-7)15-9-10-16(26)13(2)11-15/h1,9-11,14,18,26H,12H2,2-7H3,(H,23,28)(H,24,30). The number of esters is 1. The van der Waals surface area contributed by atoms with E-state index in [-0.39, 0.29) is 5.75 Å². The largest absolute Gasteiger partial charge is 0.508 e. The molecule has 1 aromatic rings. The molecule has 3 N–H and O–H groups in total. The van der Waals surface area contributed by atoms with Gasteiger partial charge in [-0.3, -0.25) is 19.3 Å². The van der Waals surface area contributed by atoms with Crippen LogP contribution < -0.4 is 10.6 Å². The summed E-state index contributed by atoms with van der Waals surface area (Å²) in [5, 5.41) is 14.6. The Morgan fingerprint density at radius 1 is 1.25 bits per heavy atom. The van der Waals surface area contributed by atoms with Crippen LogP contribution in [0, 0.1) is 19.4 Å². The summed E-state index contributed by atoms with van der Waals surface area (Å²) in [4.78, 5) is 50.2. The van der Waals surface area contributed by atoms with Crippen LogP contribution in [0.2, 0.25) is 0 Å². The lowest BCUT2D eigenvalue weighted by Crippen LogP contribution is -2.50. The summed E-state index contributed by atoms with van der Waals surface area (Å²) < 4.78 is 9.65. The van der Waals surface area contributed by atoms with Crippen molar-refractivity contribution in [1.82, 2.24) is 15.5 Å². The van der Waals surface area contributed by atoms with Gasteiger partial charge in [-0.1, -0.05) is 12.5 Å². The van der Waals surface area contributed by atoms with Crippen molar-refractivity contribution in [3.8, 4) is 18.2 Å². The van der Waals surface area contributed by atoms with Crippen molar-refractivity contribution in [3.63, 3.8) is 0 Å². The third kappa shape index (κ3) is 7.50. The Bertz CT molecular complexity index is 915. The predicted octanol–water partition coefficient (Wildman–Crippen LogP) is 1.36. The summed E-state index contributed by atoms with van der Waals surface area (Å²) in [6.45, 7) is 7.56. The minimum Gasteiger partial charge on any atom is -0.508 e. The molecule has 2 atom stereocenters. The van der Waals surface area contributed by atoms with Crippen molar-refractivity contribution in [2.75, 3.05) is 13.7 Å². The molecule has 32 heavy (non-hydrogen) atoms. The molecule has 1 rings (SSSR count). The van der Waals surface area contributed by atoms with E-state index in [2.05, 4.69) is 21.4 Å². The van der Waals surface area contributed by atoms with Crippen LogP contribution in [-0.4, -0.2) is 59.2 Å². The minimum absolute atomic E-state index is 0.0130. The van der Waals surface area contributed by atoms with Gasteiger partial charge in [-0.05, 0) is 57.9 Å². The van der Waals surface area contributed by atoms with Gasteiger partial charge in [0.15, 0.2) is 0 Å². The zero-order valence-electron chi connectivity index (χ0n) is 19.0. The van der Waals surface area contributed by atoms with Gasteiger partial charge in [-0.15, -0.1) is 0 Å². The number of aromatic hydroxyl groups is 1. The summed E-state index contributed by atoms with van der Waals surface area (Å²) in [6, 6.07) is 3.96. The number of aryl methyl sites for hydroxylation is 1. The van der Waals surface area contributed by atoms with Crippen LogP contribution in [0.25, 0.3) is 0 Å². The molecule has 0 saturated heterocycles. The highest BCUT2D eigenvalue weighted by Crippen LogP contribution is 2.26. The van der Waals surface area contributed by atoms with Crippen molar-refractivity contribution in [3.05, 3.63) is 29.3 Å². The molecule has 10 nitrogen and oxygen atoms in total. The molecular weight excluding hydrogens is 418 g/mol. The molecule has 0 aliphatic rings. The second-order valence-electron chi connectivity index (χ2n) is 7.95. The maximum atomic E-state index is 13.0. The molecule has 0 spiro atoms. The number of phenols is 1. The molecule has 0 fully saturated rings. The Hall–Kier alpha value is -3.74. The fourth-order valence-corrected chi connectivity index (χ4v) is 2.61. The average Bonchev–Trinajstić information content (AvgIpc) is 2.69. The van der Waals surface area contributed by atoms with E-state index in [0.717, 1.165) is 12.0 Å². The maximum absolute atomic E-state index is 13.0. The number of alkyl carbamates (subject to hydrolysis) is 1. The lowest BCUT2D eigenvalue weighted by atomic mass is 10.0. The molecule has 174 valence electrons. The molecule has 0 radical (unpaired) electrons. The van der Waals surface area contributed by atoms with Crippen LogP contribution in [0.4, 0.5) is 4.79 Å². The van der Waals surface area contributed by atoms with Crippen molar-refractivity contribution < 1.29 is 33.8 Å². The van der Waals surface area contributed by atoms with Crippen LogP contribution in [0.5, 0.6) is 5.75 Å². The molecule has 0 heterocycles. The third-order valence-electron chi connectivity index (χ3n) is 4.16. The number of ether oxygens (including phenoxy) is 2. The van der Waals surface area contributed by atoms with E-state index in [4.69, 9.17) is 11.2 Å². The van der Waals surface area contributed by atoms with Gasteiger partial charge in [0, 0.05) is 6.04 Å². The molecule has 0 aromatic heterocycles. The number of terminal acetylenes is 1. The zero-order chi connectivity index (χ0) is 24.6. The molecule has 1 aromatic carbocycles. The first-order valence-electron chi connectivity index (χ1n) is 9.73. The third-order valence-corrected chi connectivity index (χ3v) is 4.16. The smallest absolute Gasteiger partial charge is 0.408 e. The number of hydrogen-bond acceptors (Lipinski definition) is 7. The first kappa shape index (κ1) is 26.3. The number of phenolic OH excluding ortho intramolecular Hbond substituents is 1. The van der Waals surface area contributed by atoms with Crippen LogP contribution >= 0.6 is 0 Å². The van der Waals surface area contributed by atoms with Gasteiger partial charge in [0.25, 0.3) is 5.91 Å². The van der Waals surface area contributed by atoms with Crippen molar-refractivity contribution in [2.24, 2.45) is 0 Å². The summed E-state index contributed by atoms with van der Waals surface area (Å²) in [7, 11) is 1.16. The van der Waals surface area contributed by atoms with Crippen molar-refractivity contribution in [2.45, 2.75) is 52.3 Å². The summed E-state index contributed by atoms with van der Waals surface area (Å²) in [6.07, 6.45) is 4.73. The summed E-state index contributed by atoms with van der Waals surface area (Å²) in [5.41, 5.74) is -0.0468. The first-order chi connectivity index (χ1) is 14.8. The maximum Gasteiger partial charge on any atom is 0.408 e. The Morgan fingerprint density at radius 2 is 1.88 bits per heavy atom. The number of carbonyl (C=O) groups is 4. The fraction of sp³-hybridized carbons (Fsp3) is 0.455. The van der Waals surface area contributed by atoms with E-state index >= 15 is 0 Å². The predicted molar refractivity (Wildman–Crippen MR) is 115 cm³/mol. The molecular formula is C22H29N3O7. The van der Waals surface area contributed by atoms with Gasteiger partial charge in [-0.25, -0.2) is 4.79 Å². The number of benzene rings is 1. The zero-order valence-corrected chi connectivity index (χ0v) is 19.0. The average molecular weight is 447 g/mol. The number of hydrogen-bond donors (Lipinski definition) is 3. The molecule has 0 saturated carbocycles. The molecule has 3 amide bonds. The fourth-order valence-electron chi connectivity index (χ4n) is 2.61. The highest BCUT2D eigenvalue weighted by molar-refractivity contribution is 5.94. The topological polar surface area (TPSA) is 134 Å². The van der Waals surface area contributed by atoms with E-state index in [1.165, 1.54) is 25.1 Å². The number of carbonyl (C=O) groups excluding carboxylic acids is 4. The van der Waals surface area contributed by atoms with Gasteiger partial charge >= 0.3 is 12.1 Å². The monoisotopic (exact) mass is 447 g/mol. The second-order valence-corrected chi connectivity index (χ2v) is 7.95. The Balaban J connectivity index is 3.23. The van der Waals surface area contributed by atoms with E-state index in [9.17, 15) is 24.3 Å². The highest BCUT2D eigenvalue weighted by atomic mass is 16.6. The van der Waals surface area contributed by atoms with Crippen LogP contribution in [0.15, 0.2) is 18.2 Å². The van der Waals surface area contributed by atoms with E-state index < -0.39 is 48.1 Å². The number of rotatable bonds is 7. The summed E-state index contributed by atoms with van der Waals surface area (Å²) >= 11 is 0. The SMILES string of the molecule is C#CN(C(=O)C(C)NC(=O)OC(C)(C)C)C(C(=O)NCC(=O)OC)c1ccc(O)c(C)c1. The Morgan fingerprint density at radius 3 is 2.38 bits per heavy atom. The van der Waals surface area contributed by atoms with Crippen LogP contribution in [-0.2, 0) is 23.9 Å². The van der Waals surface area contributed by atoms with Crippen molar-refractivity contribution in [1.29, 1.82) is 0 Å². The van der Waals surface area contributed by atoms with Crippen molar-refractivity contribution >= 4 is 23.9 Å². The Kier molecular flexibility index (Phi) is 9.07. The minimum atomic E-state index is -1.35. The number of nitrogens with zero attached hydrogens (tertiary/aromatic N) is 1.